The minimum Gasteiger partial charge on any atom is -0.335 e. The fraction of sp³-hybridized carbons (Fsp3) is 0.524. The van der Waals surface area contributed by atoms with E-state index < -0.39 is 0 Å². The van der Waals surface area contributed by atoms with Crippen LogP contribution in [0.25, 0.3) is 11.3 Å². The first-order valence-electron chi connectivity index (χ1n) is 10.0. The average molecular weight is 370 g/mol. The number of imidazole rings is 1. The van der Waals surface area contributed by atoms with Gasteiger partial charge in [0.05, 0.1) is 12.0 Å². The third kappa shape index (κ3) is 4.15. The second-order valence-corrected chi connectivity index (χ2v) is 7.69. The van der Waals surface area contributed by atoms with Crippen LogP contribution in [0.2, 0.25) is 0 Å². The van der Waals surface area contributed by atoms with Crippen molar-refractivity contribution >= 4 is 6.03 Å². The van der Waals surface area contributed by atoms with Gasteiger partial charge in [-0.3, -0.25) is 0 Å². The van der Waals surface area contributed by atoms with Gasteiger partial charge in [-0.05, 0) is 37.8 Å². The number of urea groups is 1. The topological polar surface area (TPSA) is 50.2 Å². The van der Waals surface area contributed by atoms with Crippen molar-refractivity contribution in [3.05, 3.63) is 42.6 Å². The van der Waals surface area contributed by atoms with Crippen molar-refractivity contribution in [2.45, 2.75) is 57.0 Å². The first kappa shape index (κ1) is 18.0. The number of likely N-dealkylation sites (tertiary alicyclic amines) is 1. The Bertz CT molecular complexity index is 776. The quantitative estimate of drug-likeness (QED) is 0.872. The van der Waals surface area contributed by atoms with Gasteiger partial charge in [0, 0.05) is 36.9 Å². The van der Waals surface area contributed by atoms with Crippen molar-refractivity contribution in [2.24, 2.45) is 0 Å². The molecule has 1 aromatic heterocycles. The smallest absolute Gasteiger partial charge is 0.317 e. The Hall–Kier alpha value is -2.37. The highest BCUT2D eigenvalue weighted by Crippen LogP contribution is 2.27. The van der Waals surface area contributed by atoms with Gasteiger partial charge < -0.3 is 14.8 Å². The Morgan fingerprint density at radius 3 is 2.56 bits per heavy atom. The molecule has 6 heteroatoms. The third-order valence-corrected chi connectivity index (χ3v) is 5.86. The summed E-state index contributed by atoms with van der Waals surface area (Å²) in [4.78, 5) is 18.8. The van der Waals surface area contributed by atoms with Gasteiger partial charge in [-0.1, -0.05) is 31.4 Å². The molecule has 1 saturated heterocycles. The zero-order valence-corrected chi connectivity index (χ0v) is 15.6. The van der Waals surface area contributed by atoms with E-state index in [1.54, 1.807) is 18.5 Å². The van der Waals surface area contributed by atoms with Crippen LogP contribution in [-0.4, -0.2) is 39.6 Å². The fourth-order valence-electron chi connectivity index (χ4n) is 4.22. The van der Waals surface area contributed by atoms with E-state index in [4.69, 9.17) is 0 Å². The Labute approximate surface area is 159 Å². The molecule has 144 valence electrons. The zero-order valence-electron chi connectivity index (χ0n) is 15.6. The maximum absolute atomic E-state index is 14.0. The van der Waals surface area contributed by atoms with Crippen LogP contribution in [0.4, 0.5) is 9.18 Å². The molecule has 0 radical (unpaired) electrons. The first-order valence-corrected chi connectivity index (χ1v) is 10.0. The molecule has 2 heterocycles. The summed E-state index contributed by atoms with van der Waals surface area (Å²) >= 11 is 0. The molecule has 27 heavy (non-hydrogen) atoms. The summed E-state index contributed by atoms with van der Waals surface area (Å²) in [7, 11) is 0. The molecular weight excluding hydrogens is 343 g/mol. The molecule has 0 spiro atoms. The number of piperidine rings is 1. The number of halogens is 1. The van der Waals surface area contributed by atoms with Crippen molar-refractivity contribution in [3.63, 3.8) is 0 Å². The van der Waals surface area contributed by atoms with Gasteiger partial charge in [0.2, 0.25) is 0 Å². The van der Waals surface area contributed by atoms with Gasteiger partial charge in [0.25, 0.3) is 0 Å². The van der Waals surface area contributed by atoms with E-state index in [1.807, 2.05) is 17.2 Å². The van der Waals surface area contributed by atoms with Crippen LogP contribution in [0.1, 0.15) is 51.0 Å². The number of amides is 2. The molecule has 4 rings (SSSR count). The normalized spacial score (nSPS) is 19.2. The number of nitrogens with zero attached hydrogens (tertiary/aromatic N) is 3. The molecule has 1 saturated carbocycles. The lowest BCUT2D eigenvalue weighted by atomic mass is 9.95. The minimum absolute atomic E-state index is 0.0815. The molecule has 2 fully saturated rings. The van der Waals surface area contributed by atoms with Gasteiger partial charge in [-0.25, -0.2) is 14.2 Å². The number of aromatic nitrogens is 2. The van der Waals surface area contributed by atoms with Crippen molar-refractivity contribution in [1.82, 2.24) is 19.8 Å². The number of benzene rings is 1. The summed E-state index contributed by atoms with van der Waals surface area (Å²) in [6.07, 6.45) is 11.4. The maximum Gasteiger partial charge on any atom is 0.317 e. The van der Waals surface area contributed by atoms with E-state index in [-0.39, 0.29) is 11.8 Å². The van der Waals surface area contributed by atoms with Crippen molar-refractivity contribution in [3.8, 4) is 11.3 Å². The summed E-state index contributed by atoms with van der Waals surface area (Å²) in [6.45, 7) is 1.49. The summed E-state index contributed by atoms with van der Waals surface area (Å²) in [6, 6.07) is 7.44. The Morgan fingerprint density at radius 2 is 1.81 bits per heavy atom. The number of nitrogens with one attached hydrogen (secondary N) is 1. The van der Waals surface area contributed by atoms with E-state index in [2.05, 4.69) is 14.9 Å². The molecule has 0 bridgehead atoms. The summed E-state index contributed by atoms with van der Waals surface area (Å²) in [5, 5.41) is 3.20. The molecule has 5 nitrogen and oxygen atoms in total. The lowest BCUT2D eigenvalue weighted by Gasteiger charge is -2.34. The van der Waals surface area contributed by atoms with E-state index in [0.29, 0.717) is 23.3 Å². The Morgan fingerprint density at radius 1 is 1.07 bits per heavy atom. The van der Waals surface area contributed by atoms with Crippen LogP contribution in [0.15, 0.2) is 36.8 Å². The fourth-order valence-corrected chi connectivity index (χ4v) is 4.22. The van der Waals surface area contributed by atoms with Gasteiger partial charge in [0.15, 0.2) is 0 Å². The van der Waals surface area contributed by atoms with Crippen LogP contribution in [0.5, 0.6) is 0 Å². The number of rotatable bonds is 3. The predicted molar refractivity (Wildman–Crippen MR) is 103 cm³/mol. The Balaban J connectivity index is 1.33. The van der Waals surface area contributed by atoms with E-state index in [9.17, 15) is 9.18 Å². The maximum atomic E-state index is 14.0. The molecule has 2 amide bonds. The molecule has 2 aromatic rings. The number of hydrogen-bond donors (Lipinski definition) is 1. The molecule has 0 atom stereocenters. The SMILES string of the molecule is O=C(NC1CCCCC1)N1CCC(n2cnc(-c3ccccc3F)c2)CC1. The summed E-state index contributed by atoms with van der Waals surface area (Å²) in [5.74, 6) is -0.253. The van der Waals surface area contributed by atoms with Crippen LogP contribution < -0.4 is 5.32 Å². The van der Waals surface area contributed by atoms with Gasteiger partial charge in [-0.15, -0.1) is 0 Å². The monoisotopic (exact) mass is 370 g/mol. The number of carbonyl (C=O) groups is 1. The van der Waals surface area contributed by atoms with E-state index >= 15 is 0 Å². The van der Waals surface area contributed by atoms with Crippen LogP contribution in [-0.2, 0) is 0 Å². The van der Waals surface area contributed by atoms with Gasteiger partial charge in [0.1, 0.15) is 5.82 Å². The zero-order chi connectivity index (χ0) is 18.6. The molecular formula is C21H27FN4O. The highest BCUT2D eigenvalue weighted by molar-refractivity contribution is 5.74. The molecule has 1 aliphatic heterocycles. The van der Waals surface area contributed by atoms with Crippen LogP contribution >= 0.6 is 0 Å². The lowest BCUT2D eigenvalue weighted by Crippen LogP contribution is -2.48. The Kier molecular flexibility index (Phi) is 5.41. The minimum atomic E-state index is -0.253. The molecule has 1 aliphatic carbocycles. The number of hydrogen-bond acceptors (Lipinski definition) is 2. The van der Waals surface area contributed by atoms with Crippen LogP contribution in [0.3, 0.4) is 0 Å². The van der Waals surface area contributed by atoms with E-state index in [0.717, 1.165) is 38.8 Å². The molecule has 2 aliphatic rings. The van der Waals surface area contributed by atoms with E-state index in [1.165, 1.54) is 25.3 Å². The van der Waals surface area contributed by atoms with Crippen LogP contribution in [0, 0.1) is 5.82 Å². The van der Waals surface area contributed by atoms with Crippen molar-refractivity contribution < 1.29 is 9.18 Å². The molecule has 1 aromatic carbocycles. The highest BCUT2D eigenvalue weighted by atomic mass is 19.1. The first-order chi connectivity index (χ1) is 13.2. The largest absolute Gasteiger partial charge is 0.335 e. The predicted octanol–water partition coefficient (Wildman–Crippen LogP) is 4.37. The summed E-state index contributed by atoms with van der Waals surface area (Å²) < 4.78 is 16.0. The van der Waals surface area contributed by atoms with Crippen molar-refractivity contribution in [1.29, 1.82) is 0 Å². The second-order valence-electron chi connectivity index (χ2n) is 7.69. The second kappa shape index (κ2) is 8.11. The average Bonchev–Trinajstić information content (AvgIpc) is 3.19. The number of carbonyl (C=O) groups excluding carboxylic acids is 1. The highest BCUT2D eigenvalue weighted by Gasteiger charge is 2.26. The molecule has 1 N–H and O–H groups in total. The molecule has 0 unspecified atom stereocenters. The van der Waals surface area contributed by atoms with Crippen molar-refractivity contribution in [2.75, 3.05) is 13.1 Å². The van der Waals surface area contributed by atoms with Gasteiger partial charge in [-0.2, -0.15) is 0 Å². The standard InChI is InChI=1S/C21H27FN4O/c22-19-9-5-4-8-18(19)20-14-26(15-23-20)17-10-12-25(13-11-17)21(27)24-16-6-2-1-3-7-16/h4-5,8-9,14-17H,1-3,6-7,10-13H2,(H,24,27). The lowest BCUT2D eigenvalue weighted by molar-refractivity contribution is 0.165. The summed E-state index contributed by atoms with van der Waals surface area (Å²) in [5.41, 5.74) is 1.19. The third-order valence-electron chi connectivity index (χ3n) is 5.86. The van der Waals surface area contributed by atoms with Gasteiger partial charge >= 0.3 is 6.03 Å².